The molecule has 0 bridgehead atoms. The standard InChI is InChI=1S/C9H8ClN5OS/c1-11-7-3-5(2-6(10)13-7)8(16)14-9-15-12-4-17-9/h2-4H,1H3,(H,11,13)(H,14,15,16). The van der Waals surface area contributed by atoms with Crippen LogP contribution in [0.3, 0.4) is 0 Å². The van der Waals surface area contributed by atoms with E-state index in [2.05, 4.69) is 25.8 Å². The van der Waals surface area contributed by atoms with Crippen molar-refractivity contribution < 1.29 is 4.79 Å². The van der Waals surface area contributed by atoms with Gasteiger partial charge >= 0.3 is 0 Å². The van der Waals surface area contributed by atoms with Crippen molar-refractivity contribution >= 4 is 39.8 Å². The van der Waals surface area contributed by atoms with E-state index < -0.39 is 0 Å². The molecular formula is C9H8ClN5OS. The van der Waals surface area contributed by atoms with Crippen molar-refractivity contribution in [1.29, 1.82) is 0 Å². The van der Waals surface area contributed by atoms with Crippen LogP contribution < -0.4 is 10.6 Å². The Bertz CT molecular complexity index is 530. The highest BCUT2D eigenvalue weighted by Crippen LogP contribution is 2.16. The first-order valence-electron chi connectivity index (χ1n) is 4.62. The Hall–Kier alpha value is -1.73. The number of hydrogen-bond acceptors (Lipinski definition) is 6. The van der Waals surface area contributed by atoms with E-state index >= 15 is 0 Å². The van der Waals surface area contributed by atoms with Crippen LogP contribution in [-0.4, -0.2) is 28.1 Å². The van der Waals surface area contributed by atoms with Crippen molar-refractivity contribution in [2.24, 2.45) is 0 Å². The molecule has 0 unspecified atom stereocenters. The lowest BCUT2D eigenvalue weighted by Crippen LogP contribution is -2.12. The van der Waals surface area contributed by atoms with Crippen LogP contribution in [0.15, 0.2) is 17.6 Å². The molecule has 0 aliphatic carbocycles. The molecule has 0 fully saturated rings. The second-order valence-electron chi connectivity index (χ2n) is 3.01. The van der Waals surface area contributed by atoms with E-state index in [9.17, 15) is 4.79 Å². The fourth-order valence-electron chi connectivity index (χ4n) is 1.15. The Morgan fingerprint density at radius 3 is 2.94 bits per heavy atom. The molecule has 2 aromatic rings. The molecular weight excluding hydrogens is 262 g/mol. The minimum atomic E-state index is -0.303. The maximum atomic E-state index is 11.8. The molecule has 0 aromatic carbocycles. The van der Waals surface area contributed by atoms with Gasteiger partial charge in [0, 0.05) is 12.6 Å². The lowest BCUT2D eigenvalue weighted by atomic mass is 10.2. The Labute approximate surface area is 106 Å². The van der Waals surface area contributed by atoms with Gasteiger partial charge in [-0.2, -0.15) is 0 Å². The van der Waals surface area contributed by atoms with Crippen LogP contribution in [0.2, 0.25) is 5.15 Å². The summed E-state index contributed by atoms with van der Waals surface area (Å²) in [5, 5.41) is 13.5. The van der Waals surface area contributed by atoms with Crippen LogP contribution in [0.4, 0.5) is 10.9 Å². The van der Waals surface area contributed by atoms with Gasteiger partial charge in [0.25, 0.3) is 5.91 Å². The van der Waals surface area contributed by atoms with E-state index in [1.165, 1.54) is 22.9 Å². The molecule has 88 valence electrons. The summed E-state index contributed by atoms with van der Waals surface area (Å²) >= 11 is 7.04. The molecule has 0 aliphatic rings. The van der Waals surface area contributed by atoms with Gasteiger partial charge in [-0.15, -0.1) is 10.2 Å². The van der Waals surface area contributed by atoms with Gasteiger partial charge in [-0.05, 0) is 12.1 Å². The number of nitrogens with zero attached hydrogens (tertiary/aromatic N) is 3. The maximum Gasteiger partial charge on any atom is 0.257 e. The van der Waals surface area contributed by atoms with E-state index in [0.717, 1.165) is 0 Å². The molecule has 17 heavy (non-hydrogen) atoms. The number of carbonyl (C=O) groups excluding carboxylic acids is 1. The zero-order chi connectivity index (χ0) is 12.3. The molecule has 0 radical (unpaired) electrons. The monoisotopic (exact) mass is 269 g/mol. The summed E-state index contributed by atoms with van der Waals surface area (Å²) in [7, 11) is 1.70. The van der Waals surface area contributed by atoms with Gasteiger partial charge in [0.2, 0.25) is 5.13 Å². The lowest BCUT2D eigenvalue weighted by Gasteiger charge is -2.04. The fourth-order valence-corrected chi connectivity index (χ4v) is 1.80. The Kier molecular flexibility index (Phi) is 3.50. The van der Waals surface area contributed by atoms with Gasteiger partial charge in [-0.25, -0.2) is 4.98 Å². The normalized spacial score (nSPS) is 10.0. The minimum Gasteiger partial charge on any atom is -0.373 e. The van der Waals surface area contributed by atoms with Crippen LogP contribution in [-0.2, 0) is 0 Å². The third kappa shape index (κ3) is 2.89. The van der Waals surface area contributed by atoms with Gasteiger partial charge < -0.3 is 5.32 Å². The molecule has 0 atom stereocenters. The van der Waals surface area contributed by atoms with Gasteiger partial charge in [0.1, 0.15) is 16.5 Å². The highest BCUT2D eigenvalue weighted by Gasteiger charge is 2.10. The highest BCUT2D eigenvalue weighted by molar-refractivity contribution is 7.13. The largest absolute Gasteiger partial charge is 0.373 e. The number of nitrogens with one attached hydrogen (secondary N) is 2. The van der Waals surface area contributed by atoms with Crippen molar-refractivity contribution in [3.63, 3.8) is 0 Å². The Balaban J connectivity index is 2.21. The highest BCUT2D eigenvalue weighted by atomic mass is 35.5. The molecule has 0 saturated heterocycles. The summed E-state index contributed by atoms with van der Waals surface area (Å²) < 4.78 is 0. The SMILES string of the molecule is CNc1cc(C(=O)Nc2nncs2)cc(Cl)n1. The Morgan fingerprint density at radius 2 is 2.29 bits per heavy atom. The second kappa shape index (κ2) is 5.07. The molecule has 0 saturated carbocycles. The number of rotatable bonds is 3. The quantitative estimate of drug-likeness (QED) is 0.832. The smallest absolute Gasteiger partial charge is 0.257 e. The summed E-state index contributed by atoms with van der Waals surface area (Å²) in [5.41, 5.74) is 1.94. The zero-order valence-electron chi connectivity index (χ0n) is 8.77. The van der Waals surface area contributed by atoms with E-state index in [4.69, 9.17) is 11.6 Å². The number of aromatic nitrogens is 3. The van der Waals surface area contributed by atoms with Crippen molar-refractivity contribution in [3.05, 3.63) is 28.4 Å². The number of pyridine rings is 1. The van der Waals surface area contributed by atoms with Gasteiger partial charge in [0.05, 0.1) is 0 Å². The minimum absolute atomic E-state index is 0.249. The molecule has 2 N–H and O–H groups in total. The molecule has 2 aromatic heterocycles. The first-order chi connectivity index (χ1) is 8.19. The maximum absolute atomic E-state index is 11.8. The predicted molar refractivity (Wildman–Crippen MR) is 66.7 cm³/mol. The summed E-state index contributed by atoms with van der Waals surface area (Å²) in [6.07, 6.45) is 0. The van der Waals surface area contributed by atoms with Crippen LogP contribution in [0.1, 0.15) is 10.4 Å². The second-order valence-corrected chi connectivity index (χ2v) is 4.23. The van der Waals surface area contributed by atoms with Crippen LogP contribution >= 0.6 is 22.9 Å². The average Bonchev–Trinajstić information content (AvgIpc) is 2.81. The molecule has 0 spiro atoms. The zero-order valence-corrected chi connectivity index (χ0v) is 10.3. The van der Waals surface area contributed by atoms with Crippen molar-refractivity contribution in [3.8, 4) is 0 Å². The number of carbonyl (C=O) groups is 1. The number of halogens is 1. The molecule has 0 aliphatic heterocycles. The summed E-state index contributed by atoms with van der Waals surface area (Å²) in [5.74, 6) is 0.225. The van der Waals surface area contributed by atoms with E-state index in [-0.39, 0.29) is 11.1 Å². The summed E-state index contributed by atoms with van der Waals surface area (Å²) in [6.45, 7) is 0. The Morgan fingerprint density at radius 1 is 1.47 bits per heavy atom. The number of hydrogen-bond donors (Lipinski definition) is 2. The number of anilines is 2. The van der Waals surface area contributed by atoms with Crippen molar-refractivity contribution in [2.75, 3.05) is 17.7 Å². The third-order valence-electron chi connectivity index (χ3n) is 1.89. The first-order valence-corrected chi connectivity index (χ1v) is 5.87. The van der Waals surface area contributed by atoms with Gasteiger partial charge in [0.15, 0.2) is 0 Å². The first kappa shape index (κ1) is 11.7. The molecule has 8 heteroatoms. The van der Waals surface area contributed by atoms with E-state index in [1.54, 1.807) is 13.1 Å². The number of amides is 1. The fraction of sp³-hybridized carbons (Fsp3) is 0.111. The van der Waals surface area contributed by atoms with Gasteiger partial charge in [-0.3, -0.25) is 10.1 Å². The molecule has 6 nitrogen and oxygen atoms in total. The van der Waals surface area contributed by atoms with Gasteiger partial charge in [-0.1, -0.05) is 22.9 Å². The predicted octanol–water partition coefficient (Wildman–Crippen LogP) is 1.88. The third-order valence-corrected chi connectivity index (χ3v) is 2.69. The van der Waals surface area contributed by atoms with E-state index in [1.807, 2.05) is 0 Å². The topological polar surface area (TPSA) is 79.8 Å². The molecule has 1 amide bonds. The molecule has 2 heterocycles. The van der Waals surface area contributed by atoms with Crippen LogP contribution in [0, 0.1) is 0 Å². The van der Waals surface area contributed by atoms with Crippen molar-refractivity contribution in [2.45, 2.75) is 0 Å². The lowest BCUT2D eigenvalue weighted by molar-refractivity contribution is 0.102. The average molecular weight is 270 g/mol. The summed E-state index contributed by atoms with van der Waals surface area (Å²) in [6, 6.07) is 3.08. The summed E-state index contributed by atoms with van der Waals surface area (Å²) in [4.78, 5) is 15.8. The van der Waals surface area contributed by atoms with Crippen molar-refractivity contribution in [1.82, 2.24) is 15.2 Å². The van der Waals surface area contributed by atoms with E-state index in [0.29, 0.717) is 16.5 Å². The molecule has 2 rings (SSSR count). The van der Waals surface area contributed by atoms with Crippen LogP contribution in [0.25, 0.3) is 0 Å². The van der Waals surface area contributed by atoms with Crippen LogP contribution in [0.5, 0.6) is 0 Å².